The number of nitrogens with two attached hydrogens (primary N) is 1. The Labute approximate surface area is 91.0 Å². The van der Waals surface area contributed by atoms with Gasteiger partial charge in [-0.25, -0.2) is 0 Å². The highest BCUT2D eigenvalue weighted by Crippen LogP contribution is 1.92. The molecule has 2 amide bonds. The van der Waals surface area contributed by atoms with Gasteiger partial charge in [-0.3, -0.25) is 9.59 Å². The Bertz CT molecular complexity index is 219. The van der Waals surface area contributed by atoms with E-state index in [-0.39, 0.29) is 18.4 Å². The normalized spacial score (nSPS) is 12.0. The average molecular weight is 215 g/mol. The predicted octanol–water partition coefficient (Wildman–Crippen LogP) is -0.292. The summed E-state index contributed by atoms with van der Waals surface area (Å²) in [6.07, 6.45) is 1.50. The summed E-state index contributed by atoms with van der Waals surface area (Å²) < 4.78 is 0. The van der Waals surface area contributed by atoms with E-state index in [4.69, 9.17) is 5.73 Å². The molecule has 0 saturated carbocycles. The second-order valence-corrected chi connectivity index (χ2v) is 3.52. The van der Waals surface area contributed by atoms with E-state index in [1.165, 1.54) is 0 Å². The summed E-state index contributed by atoms with van der Waals surface area (Å²) in [4.78, 5) is 24.2. The van der Waals surface area contributed by atoms with Crippen LogP contribution in [0.3, 0.4) is 0 Å². The van der Waals surface area contributed by atoms with Crippen molar-refractivity contribution in [3.05, 3.63) is 0 Å². The van der Waals surface area contributed by atoms with Gasteiger partial charge in [0, 0.05) is 13.6 Å². The quantitative estimate of drug-likeness (QED) is 0.639. The Hall–Kier alpha value is -1.10. The van der Waals surface area contributed by atoms with Gasteiger partial charge >= 0.3 is 0 Å². The molecule has 15 heavy (non-hydrogen) atoms. The van der Waals surface area contributed by atoms with Crippen LogP contribution in [-0.2, 0) is 9.59 Å². The van der Waals surface area contributed by atoms with E-state index in [9.17, 15) is 9.59 Å². The van der Waals surface area contributed by atoms with Crippen molar-refractivity contribution in [1.29, 1.82) is 0 Å². The van der Waals surface area contributed by atoms with Crippen molar-refractivity contribution in [3.63, 3.8) is 0 Å². The highest BCUT2D eigenvalue weighted by Gasteiger charge is 2.14. The third-order valence-electron chi connectivity index (χ3n) is 2.25. The van der Waals surface area contributed by atoms with Crippen molar-refractivity contribution < 1.29 is 9.59 Å². The molecule has 0 heterocycles. The van der Waals surface area contributed by atoms with Crippen molar-refractivity contribution in [2.75, 3.05) is 20.1 Å². The smallest absolute Gasteiger partial charge is 0.241 e. The first kappa shape index (κ1) is 13.9. The van der Waals surface area contributed by atoms with Gasteiger partial charge in [0.25, 0.3) is 0 Å². The largest absolute Gasteiger partial charge is 0.346 e. The van der Waals surface area contributed by atoms with E-state index in [0.29, 0.717) is 13.0 Å². The number of carbonyl (C=O) groups excluding carboxylic acids is 2. The van der Waals surface area contributed by atoms with Crippen LogP contribution in [-0.4, -0.2) is 42.9 Å². The van der Waals surface area contributed by atoms with Crippen LogP contribution in [0.5, 0.6) is 0 Å². The predicted molar refractivity (Wildman–Crippen MR) is 59.2 cm³/mol. The first-order valence-corrected chi connectivity index (χ1v) is 5.30. The maximum atomic E-state index is 11.3. The summed E-state index contributed by atoms with van der Waals surface area (Å²) in [5, 5.41) is 2.53. The van der Waals surface area contributed by atoms with Crippen molar-refractivity contribution in [2.45, 2.75) is 32.7 Å². The summed E-state index contributed by atoms with van der Waals surface area (Å²) in [5.74, 6) is -0.357. The molecule has 0 aromatic rings. The zero-order valence-corrected chi connectivity index (χ0v) is 9.75. The minimum absolute atomic E-state index is 0.0284. The lowest BCUT2D eigenvalue weighted by molar-refractivity contribution is -0.132. The number of carbonyl (C=O) groups is 2. The van der Waals surface area contributed by atoms with Gasteiger partial charge in [0.15, 0.2) is 0 Å². The Morgan fingerprint density at radius 3 is 2.47 bits per heavy atom. The van der Waals surface area contributed by atoms with Gasteiger partial charge in [-0.2, -0.15) is 0 Å². The van der Waals surface area contributed by atoms with Gasteiger partial charge < -0.3 is 16.0 Å². The minimum Gasteiger partial charge on any atom is -0.346 e. The van der Waals surface area contributed by atoms with Crippen molar-refractivity contribution in [3.8, 4) is 0 Å². The van der Waals surface area contributed by atoms with E-state index in [1.807, 2.05) is 13.8 Å². The lowest BCUT2D eigenvalue weighted by atomic mass is 10.2. The van der Waals surface area contributed by atoms with Gasteiger partial charge in [0.2, 0.25) is 11.8 Å². The Morgan fingerprint density at radius 1 is 1.40 bits per heavy atom. The van der Waals surface area contributed by atoms with Gasteiger partial charge in [0.1, 0.15) is 0 Å². The summed E-state index contributed by atoms with van der Waals surface area (Å²) in [7, 11) is 1.69. The molecular formula is C10H21N3O2. The van der Waals surface area contributed by atoms with Crippen LogP contribution in [0.15, 0.2) is 0 Å². The first-order valence-electron chi connectivity index (χ1n) is 5.30. The second kappa shape index (κ2) is 7.23. The number of nitrogens with one attached hydrogen (secondary N) is 1. The molecule has 1 atom stereocenters. The SMILES string of the molecule is CCC[C@H](N)C(=O)NCC(=O)N(C)CC. The summed E-state index contributed by atoms with van der Waals surface area (Å²) >= 11 is 0. The number of amides is 2. The van der Waals surface area contributed by atoms with E-state index in [2.05, 4.69) is 5.32 Å². The molecule has 3 N–H and O–H groups in total. The molecule has 0 saturated heterocycles. The van der Waals surface area contributed by atoms with E-state index >= 15 is 0 Å². The highest BCUT2D eigenvalue weighted by atomic mass is 16.2. The van der Waals surface area contributed by atoms with Crippen LogP contribution in [0.4, 0.5) is 0 Å². The van der Waals surface area contributed by atoms with Crippen LogP contribution in [0.1, 0.15) is 26.7 Å². The molecule has 0 rings (SSSR count). The van der Waals surface area contributed by atoms with Gasteiger partial charge in [-0.05, 0) is 13.3 Å². The molecule has 0 aliphatic rings. The summed E-state index contributed by atoms with van der Waals surface area (Å²) in [6, 6.07) is -0.505. The molecule has 0 unspecified atom stereocenters. The maximum absolute atomic E-state index is 11.3. The van der Waals surface area contributed by atoms with E-state index in [1.54, 1.807) is 11.9 Å². The average Bonchev–Trinajstić information content (AvgIpc) is 2.24. The molecule has 0 bridgehead atoms. The standard InChI is InChI=1S/C10H21N3O2/c1-4-6-8(11)10(15)12-7-9(14)13(3)5-2/h8H,4-7,11H2,1-3H3,(H,12,15)/t8-/m0/s1. The zero-order valence-electron chi connectivity index (χ0n) is 9.75. The molecule has 0 aromatic heterocycles. The van der Waals surface area contributed by atoms with E-state index < -0.39 is 6.04 Å². The lowest BCUT2D eigenvalue weighted by Gasteiger charge is -2.16. The Balaban J connectivity index is 3.85. The van der Waals surface area contributed by atoms with Gasteiger partial charge in [-0.15, -0.1) is 0 Å². The summed E-state index contributed by atoms with van der Waals surface area (Å²) in [5.41, 5.74) is 5.59. The zero-order chi connectivity index (χ0) is 11.8. The number of hydrogen-bond acceptors (Lipinski definition) is 3. The molecule has 5 nitrogen and oxygen atoms in total. The van der Waals surface area contributed by atoms with Crippen molar-refractivity contribution in [2.24, 2.45) is 5.73 Å². The third kappa shape index (κ3) is 5.37. The maximum Gasteiger partial charge on any atom is 0.241 e. The topological polar surface area (TPSA) is 75.4 Å². The fourth-order valence-corrected chi connectivity index (χ4v) is 1.05. The van der Waals surface area contributed by atoms with Crippen LogP contribution in [0.2, 0.25) is 0 Å². The van der Waals surface area contributed by atoms with Crippen molar-refractivity contribution in [1.82, 2.24) is 10.2 Å². The van der Waals surface area contributed by atoms with Crippen molar-refractivity contribution >= 4 is 11.8 Å². The van der Waals surface area contributed by atoms with Crippen LogP contribution in [0.25, 0.3) is 0 Å². The minimum atomic E-state index is -0.505. The molecule has 88 valence electrons. The summed E-state index contributed by atoms with van der Waals surface area (Å²) in [6.45, 7) is 4.50. The molecule has 0 radical (unpaired) electrons. The van der Waals surface area contributed by atoms with Crippen LogP contribution in [0, 0.1) is 0 Å². The van der Waals surface area contributed by atoms with Crippen LogP contribution >= 0.6 is 0 Å². The Kier molecular flexibility index (Phi) is 6.70. The molecular weight excluding hydrogens is 194 g/mol. The number of nitrogens with zero attached hydrogens (tertiary/aromatic N) is 1. The third-order valence-corrected chi connectivity index (χ3v) is 2.25. The second-order valence-electron chi connectivity index (χ2n) is 3.52. The monoisotopic (exact) mass is 215 g/mol. The molecule has 0 fully saturated rings. The van der Waals surface area contributed by atoms with Crippen LogP contribution < -0.4 is 11.1 Å². The van der Waals surface area contributed by atoms with Gasteiger partial charge in [-0.1, -0.05) is 13.3 Å². The lowest BCUT2D eigenvalue weighted by Crippen LogP contribution is -2.45. The molecule has 0 spiro atoms. The first-order chi connectivity index (χ1) is 7.02. The van der Waals surface area contributed by atoms with Gasteiger partial charge in [0.05, 0.1) is 12.6 Å². The highest BCUT2D eigenvalue weighted by molar-refractivity contribution is 5.87. The molecule has 0 aliphatic carbocycles. The molecule has 5 heteroatoms. The van der Waals surface area contributed by atoms with E-state index in [0.717, 1.165) is 6.42 Å². The Morgan fingerprint density at radius 2 is 2.00 bits per heavy atom. The number of likely N-dealkylation sites (N-methyl/N-ethyl adjacent to an activating group) is 1. The fourth-order valence-electron chi connectivity index (χ4n) is 1.05. The number of rotatable bonds is 6. The molecule has 0 aliphatic heterocycles. The molecule has 0 aromatic carbocycles. The number of hydrogen-bond donors (Lipinski definition) is 2. The fraction of sp³-hybridized carbons (Fsp3) is 0.800.